The predicted molar refractivity (Wildman–Crippen MR) is 209 cm³/mol. The molecule has 0 N–H and O–H groups in total. The fourth-order valence-corrected chi connectivity index (χ4v) is 7.63. The van der Waals surface area contributed by atoms with Crippen molar-refractivity contribution in [2.75, 3.05) is 0 Å². The molecule has 8 aromatic carbocycles. The van der Waals surface area contributed by atoms with Crippen LogP contribution in [0.1, 0.15) is 0 Å². The highest BCUT2D eigenvalue weighted by Crippen LogP contribution is 2.51. The van der Waals surface area contributed by atoms with Gasteiger partial charge in [0.2, 0.25) is 0 Å². The van der Waals surface area contributed by atoms with Crippen LogP contribution in [0.3, 0.4) is 0 Å². The molecule has 0 bridgehead atoms. The van der Waals surface area contributed by atoms with Gasteiger partial charge in [-0.2, -0.15) is 0 Å². The lowest BCUT2D eigenvalue weighted by molar-refractivity contribution is 0.472. The topological polar surface area (TPSA) is 23.4 Å². The highest BCUT2D eigenvalue weighted by Gasteiger charge is 2.25. The minimum Gasteiger partial charge on any atom is -0.456 e. The zero-order valence-electron chi connectivity index (χ0n) is 27.7. The molecule has 3 heteroatoms. The molecular formula is C48H31NO2. The Morgan fingerprint density at radius 2 is 0.902 bits per heavy atom. The Labute approximate surface area is 296 Å². The Balaban J connectivity index is 1.27. The molecule has 1 aliphatic heterocycles. The SMILES string of the molecule is c1ccc(-c2ccc3c(c2)Oc2cccc(-c4cccc5c4c4ccccc4n5-c4ccccc4)c2-c2ccccc2Oc2ccccc2-3)cc1. The molecule has 240 valence electrons. The molecule has 2 heterocycles. The molecular weight excluding hydrogens is 623 g/mol. The minimum atomic E-state index is 0.762. The van der Waals surface area contributed by atoms with Crippen LogP contribution in [0.15, 0.2) is 188 Å². The fourth-order valence-electron chi connectivity index (χ4n) is 7.63. The number of hydrogen-bond acceptors (Lipinski definition) is 2. The van der Waals surface area contributed by atoms with Crippen molar-refractivity contribution < 1.29 is 9.47 Å². The van der Waals surface area contributed by atoms with Crippen molar-refractivity contribution in [3.8, 4) is 73.2 Å². The molecule has 0 unspecified atom stereocenters. The summed E-state index contributed by atoms with van der Waals surface area (Å²) in [5.41, 5.74) is 11.7. The van der Waals surface area contributed by atoms with Gasteiger partial charge in [0, 0.05) is 38.7 Å². The van der Waals surface area contributed by atoms with Crippen LogP contribution < -0.4 is 9.47 Å². The first kappa shape index (κ1) is 29.1. The standard InChI is InChI=1S/C48H31NO2/c1-3-15-32(16-4-1)33-29-30-36-35-19-8-11-26-43(35)50-44-27-12-9-21-40(44)48-38(23-14-28-45(48)51-46(36)31-33)37-22-13-25-42-47(37)39-20-7-10-24-41(39)49(42)34-17-5-2-6-18-34/h1-31H. The Hall–Kier alpha value is -6.84. The molecule has 0 aliphatic carbocycles. The molecule has 0 spiro atoms. The number of aromatic nitrogens is 1. The Kier molecular flexibility index (Phi) is 6.81. The molecule has 1 aromatic heterocycles. The largest absolute Gasteiger partial charge is 0.456 e. The second-order valence-electron chi connectivity index (χ2n) is 12.8. The van der Waals surface area contributed by atoms with E-state index in [-0.39, 0.29) is 0 Å². The first-order chi connectivity index (χ1) is 25.3. The molecule has 0 radical (unpaired) electrons. The number of nitrogens with zero attached hydrogens (tertiary/aromatic N) is 1. The highest BCUT2D eigenvalue weighted by molar-refractivity contribution is 6.17. The Morgan fingerprint density at radius 3 is 1.75 bits per heavy atom. The number of ether oxygens (including phenoxy) is 2. The molecule has 9 aromatic rings. The summed E-state index contributed by atoms with van der Waals surface area (Å²) in [7, 11) is 0. The van der Waals surface area contributed by atoms with Gasteiger partial charge >= 0.3 is 0 Å². The van der Waals surface area contributed by atoms with E-state index in [4.69, 9.17) is 9.47 Å². The van der Waals surface area contributed by atoms with Gasteiger partial charge in [-0.25, -0.2) is 0 Å². The van der Waals surface area contributed by atoms with Gasteiger partial charge in [-0.15, -0.1) is 0 Å². The molecule has 0 amide bonds. The predicted octanol–water partition coefficient (Wildman–Crippen LogP) is 13.3. The normalized spacial score (nSPS) is 11.8. The summed E-state index contributed by atoms with van der Waals surface area (Å²) in [6, 6.07) is 65.7. The molecule has 51 heavy (non-hydrogen) atoms. The van der Waals surface area contributed by atoms with Crippen molar-refractivity contribution in [2.24, 2.45) is 0 Å². The van der Waals surface area contributed by atoms with Crippen LogP contribution in [-0.4, -0.2) is 4.57 Å². The van der Waals surface area contributed by atoms with Crippen LogP contribution in [0.5, 0.6) is 23.0 Å². The highest BCUT2D eigenvalue weighted by atomic mass is 16.5. The van der Waals surface area contributed by atoms with Crippen LogP contribution in [0.4, 0.5) is 0 Å². The van der Waals surface area contributed by atoms with Crippen molar-refractivity contribution >= 4 is 21.8 Å². The third kappa shape index (κ3) is 4.82. The van der Waals surface area contributed by atoms with Gasteiger partial charge in [0.25, 0.3) is 0 Å². The van der Waals surface area contributed by atoms with Gasteiger partial charge < -0.3 is 14.0 Å². The second kappa shape index (κ2) is 11.9. The quantitative estimate of drug-likeness (QED) is 0.189. The van der Waals surface area contributed by atoms with Crippen molar-refractivity contribution in [3.05, 3.63) is 188 Å². The lowest BCUT2D eigenvalue weighted by Crippen LogP contribution is -1.99. The Morgan fingerprint density at radius 1 is 0.333 bits per heavy atom. The number of fused-ring (bicyclic) bond motifs is 9. The average molecular weight is 654 g/mol. The van der Waals surface area contributed by atoms with Crippen LogP contribution >= 0.6 is 0 Å². The zero-order chi connectivity index (χ0) is 33.7. The summed E-state index contributed by atoms with van der Waals surface area (Å²) >= 11 is 0. The van der Waals surface area contributed by atoms with Crippen LogP contribution in [0.2, 0.25) is 0 Å². The third-order valence-electron chi connectivity index (χ3n) is 9.89. The second-order valence-corrected chi connectivity index (χ2v) is 12.8. The van der Waals surface area contributed by atoms with Crippen molar-refractivity contribution in [1.29, 1.82) is 0 Å². The van der Waals surface area contributed by atoms with Crippen LogP contribution in [-0.2, 0) is 0 Å². The van der Waals surface area contributed by atoms with Crippen LogP contribution in [0.25, 0.3) is 72.0 Å². The number of para-hydroxylation sites is 4. The molecule has 0 saturated carbocycles. The van der Waals surface area contributed by atoms with E-state index in [0.29, 0.717) is 0 Å². The summed E-state index contributed by atoms with van der Waals surface area (Å²) < 4.78 is 16.4. The maximum atomic E-state index is 7.17. The van der Waals surface area contributed by atoms with E-state index in [0.717, 1.165) is 84.2 Å². The van der Waals surface area contributed by atoms with E-state index in [1.54, 1.807) is 0 Å². The minimum absolute atomic E-state index is 0.762. The summed E-state index contributed by atoms with van der Waals surface area (Å²) in [4.78, 5) is 0. The first-order valence-electron chi connectivity index (χ1n) is 17.3. The van der Waals surface area contributed by atoms with Gasteiger partial charge in [0.05, 0.1) is 11.0 Å². The molecule has 0 atom stereocenters. The van der Waals surface area contributed by atoms with Gasteiger partial charge in [0.1, 0.15) is 23.0 Å². The van der Waals surface area contributed by atoms with Gasteiger partial charge in [-0.1, -0.05) is 133 Å². The average Bonchev–Trinajstić information content (AvgIpc) is 3.54. The van der Waals surface area contributed by atoms with Crippen LogP contribution in [0, 0.1) is 0 Å². The van der Waals surface area contributed by atoms with E-state index < -0.39 is 0 Å². The van der Waals surface area contributed by atoms with E-state index in [9.17, 15) is 0 Å². The van der Waals surface area contributed by atoms with Crippen molar-refractivity contribution in [3.63, 3.8) is 0 Å². The maximum absolute atomic E-state index is 7.17. The molecule has 0 fully saturated rings. The zero-order valence-corrected chi connectivity index (χ0v) is 27.7. The van der Waals surface area contributed by atoms with E-state index >= 15 is 0 Å². The summed E-state index contributed by atoms with van der Waals surface area (Å²) in [5.74, 6) is 3.07. The number of hydrogen-bond donors (Lipinski definition) is 0. The lowest BCUT2D eigenvalue weighted by atomic mass is 9.90. The first-order valence-corrected chi connectivity index (χ1v) is 17.3. The monoisotopic (exact) mass is 653 g/mol. The van der Waals surface area contributed by atoms with E-state index in [1.165, 1.54) is 10.8 Å². The molecule has 10 rings (SSSR count). The summed E-state index contributed by atoms with van der Waals surface area (Å²) in [6.07, 6.45) is 0. The maximum Gasteiger partial charge on any atom is 0.136 e. The van der Waals surface area contributed by atoms with Crippen molar-refractivity contribution in [2.45, 2.75) is 0 Å². The third-order valence-corrected chi connectivity index (χ3v) is 9.89. The van der Waals surface area contributed by atoms with E-state index in [1.807, 2.05) is 30.3 Å². The molecule has 0 saturated heterocycles. The lowest BCUT2D eigenvalue weighted by Gasteiger charge is -2.23. The summed E-state index contributed by atoms with van der Waals surface area (Å²) in [6.45, 7) is 0. The molecule has 3 nitrogen and oxygen atoms in total. The smallest absolute Gasteiger partial charge is 0.136 e. The van der Waals surface area contributed by atoms with Gasteiger partial charge in [0.15, 0.2) is 0 Å². The van der Waals surface area contributed by atoms with E-state index in [2.05, 4.69) is 162 Å². The fraction of sp³-hybridized carbons (Fsp3) is 0. The number of rotatable bonds is 3. The van der Waals surface area contributed by atoms with Gasteiger partial charge in [-0.3, -0.25) is 0 Å². The Bertz CT molecular complexity index is 2740. The van der Waals surface area contributed by atoms with Gasteiger partial charge in [-0.05, 0) is 76.9 Å². The van der Waals surface area contributed by atoms with Crippen molar-refractivity contribution in [1.82, 2.24) is 4.57 Å². The summed E-state index contributed by atoms with van der Waals surface area (Å²) in [5, 5.41) is 2.39. The molecule has 1 aliphatic rings. The number of benzene rings is 8.